The molecule has 3 rings (SSSR count). The molecule has 2 aromatic rings. The third-order valence-corrected chi connectivity index (χ3v) is 4.18. The van der Waals surface area contributed by atoms with Gasteiger partial charge in [-0.2, -0.15) is 45.1 Å². The van der Waals surface area contributed by atoms with Crippen molar-refractivity contribution in [3.63, 3.8) is 0 Å². The molecule has 3 heterocycles. The normalized spacial score (nSPS) is 17.6. The number of rotatable bonds is 2. The second-order valence-electron chi connectivity index (χ2n) is 5.83. The Bertz CT molecular complexity index is 854. The zero-order valence-corrected chi connectivity index (χ0v) is 13.5. The Morgan fingerprint density at radius 3 is 1.48 bits per heavy atom. The van der Waals surface area contributed by atoms with Crippen LogP contribution in [0.2, 0.25) is 0 Å². The molecule has 4 nitrogen and oxygen atoms in total. The number of halogens is 8. The largest absolute Gasteiger partial charge is 0.363 e. The van der Waals surface area contributed by atoms with E-state index in [2.05, 4.69) is 9.97 Å². The molecular weight excluding hydrogens is 388 g/mol. The Morgan fingerprint density at radius 1 is 0.667 bits per heavy atom. The molecule has 1 saturated heterocycles. The molecule has 12 heteroatoms. The number of hydrogen-bond donors (Lipinski definition) is 0. The van der Waals surface area contributed by atoms with E-state index in [0.29, 0.717) is 0 Å². The molecular formula is C15H10F8N4. The minimum absolute atomic E-state index is 0.356. The van der Waals surface area contributed by atoms with E-state index in [-0.39, 0.29) is 19.6 Å². The van der Waals surface area contributed by atoms with Gasteiger partial charge in [0.25, 0.3) is 23.8 Å². The number of anilines is 2. The van der Waals surface area contributed by atoms with E-state index in [4.69, 9.17) is 0 Å². The maximum atomic E-state index is 13.9. The Labute approximate surface area is 147 Å². The van der Waals surface area contributed by atoms with E-state index < -0.39 is 64.5 Å². The fourth-order valence-corrected chi connectivity index (χ4v) is 2.97. The molecule has 146 valence electrons. The second kappa shape index (κ2) is 6.82. The first-order valence-electron chi connectivity index (χ1n) is 7.55. The number of piperazine rings is 1. The molecule has 0 spiro atoms. The summed E-state index contributed by atoms with van der Waals surface area (Å²) in [7, 11) is 0. The van der Waals surface area contributed by atoms with Crippen LogP contribution in [0.1, 0.15) is 6.92 Å². The van der Waals surface area contributed by atoms with Gasteiger partial charge in [-0.25, -0.2) is 0 Å². The highest BCUT2D eigenvalue weighted by atomic mass is 19.2. The molecule has 1 aliphatic rings. The zero-order valence-electron chi connectivity index (χ0n) is 13.5. The van der Waals surface area contributed by atoms with Crippen LogP contribution in [-0.4, -0.2) is 35.6 Å². The van der Waals surface area contributed by atoms with Crippen LogP contribution in [-0.2, 0) is 0 Å². The molecule has 0 amide bonds. The summed E-state index contributed by atoms with van der Waals surface area (Å²) in [6.07, 6.45) is 0. The highest BCUT2D eigenvalue weighted by Crippen LogP contribution is 2.32. The van der Waals surface area contributed by atoms with Gasteiger partial charge in [-0.15, -0.1) is 0 Å². The van der Waals surface area contributed by atoms with Gasteiger partial charge in [-0.1, -0.05) is 0 Å². The first-order valence-corrected chi connectivity index (χ1v) is 7.55. The summed E-state index contributed by atoms with van der Waals surface area (Å²) in [6, 6.07) is -0.943. The first kappa shape index (κ1) is 19.1. The van der Waals surface area contributed by atoms with Gasteiger partial charge in [0.15, 0.2) is 0 Å². The number of nitrogens with zero attached hydrogens (tertiary/aromatic N) is 4. The van der Waals surface area contributed by atoms with E-state index in [1.165, 1.54) is 6.92 Å². The highest BCUT2D eigenvalue weighted by Gasteiger charge is 2.34. The summed E-state index contributed by atoms with van der Waals surface area (Å²) in [4.78, 5) is 6.73. The zero-order chi connectivity index (χ0) is 20.0. The van der Waals surface area contributed by atoms with Crippen LogP contribution >= 0.6 is 0 Å². The smallest absolute Gasteiger partial charge is 0.253 e. The molecule has 27 heavy (non-hydrogen) atoms. The summed E-state index contributed by atoms with van der Waals surface area (Å²) < 4.78 is 109. The first-order chi connectivity index (χ1) is 12.6. The predicted molar refractivity (Wildman–Crippen MR) is 77.2 cm³/mol. The monoisotopic (exact) mass is 398 g/mol. The summed E-state index contributed by atoms with van der Waals surface area (Å²) in [6.45, 7) is 0.264. The number of aromatic nitrogens is 2. The van der Waals surface area contributed by atoms with Gasteiger partial charge in [0.1, 0.15) is 11.4 Å². The molecule has 2 aromatic heterocycles. The second-order valence-corrected chi connectivity index (χ2v) is 5.83. The average molecular weight is 398 g/mol. The maximum absolute atomic E-state index is 13.9. The summed E-state index contributed by atoms with van der Waals surface area (Å²) in [5.74, 6) is -14.3. The fraction of sp³-hybridized carbons (Fsp3) is 0.333. The molecule has 1 atom stereocenters. The quantitative estimate of drug-likeness (QED) is 0.574. The molecule has 0 radical (unpaired) electrons. The molecule has 0 aliphatic carbocycles. The lowest BCUT2D eigenvalue weighted by atomic mass is 10.1. The maximum Gasteiger partial charge on any atom is 0.253 e. The highest BCUT2D eigenvalue weighted by molar-refractivity contribution is 5.54. The Hall–Kier alpha value is -2.66. The lowest BCUT2D eigenvalue weighted by Crippen LogP contribution is -2.53. The van der Waals surface area contributed by atoms with Gasteiger partial charge >= 0.3 is 0 Å². The molecule has 0 N–H and O–H groups in total. The Balaban J connectivity index is 1.95. The molecule has 0 bridgehead atoms. The van der Waals surface area contributed by atoms with Gasteiger partial charge in [0.05, 0.1) is 0 Å². The van der Waals surface area contributed by atoms with E-state index in [9.17, 15) is 35.1 Å². The fourth-order valence-electron chi connectivity index (χ4n) is 2.97. The van der Waals surface area contributed by atoms with Crippen LogP contribution in [0, 0.1) is 47.1 Å². The van der Waals surface area contributed by atoms with Crippen molar-refractivity contribution in [2.24, 2.45) is 0 Å². The summed E-state index contributed by atoms with van der Waals surface area (Å²) in [5, 5.41) is 0. The van der Waals surface area contributed by atoms with E-state index >= 15 is 0 Å². The number of hydrogen-bond acceptors (Lipinski definition) is 4. The van der Waals surface area contributed by atoms with Crippen molar-refractivity contribution in [2.45, 2.75) is 13.0 Å². The summed E-state index contributed by atoms with van der Waals surface area (Å²) >= 11 is 0. The standard InChI is InChI=1S/C15H10F8N4/c1-5-4-26(10-6(16)12(20)24-13(21)7(10)17)2-3-27(5)11-8(18)14(22)25-15(23)9(11)19/h5H,2-4H2,1H3. The van der Waals surface area contributed by atoms with E-state index in [1.54, 1.807) is 0 Å². The average Bonchev–Trinajstić information content (AvgIpc) is 2.60. The molecule has 1 aliphatic heterocycles. The topological polar surface area (TPSA) is 32.3 Å². The van der Waals surface area contributed by atoms with Crippen LogP contribution < -0.4 is 9.80 Å². The minimum atomic E-state index is -1.85. The van der Waals surface area contributed by atoms with Crippen LogP contribution in [0.3, 0.4) is 0 Å². The lowest BCUT2D eigenvalue weighted by molar-refractivity contribution is 0.392. The van der Waals surface area contributed by atoms with E-state index in [1.807, 2.05) is 0 Å². The lowest BCUT2D eigenvalue weighted by Gasteiger charge is -2.42. The molecule has 1 fully saturated rings. The van der Waals surface area contributed by atoms with Crippen molar-refractivity contribution < 1.29 is 35.1 Å². The van der Waals surface area contributed by atoms with Crippen molar-refractivity contribution in [1.29, 1.82) is 0 Å². The van der Waals surface area contributed by atoms with Crippen molar-refractivity contribution in [1.82, 2.24) is 9.97 Å². The third-order valence-electron chi connectivity index (χ3n) is 4.18. The van der Waals surface area contributed by atoms with Crippen molar-refractivity contribution >= 4 is 11.4 Å². The van der Waals surface area contributed by atoms with Crippen molar-refractivity contribution in [3.05, 3.63) is 47.1 Å². The van der Waals surface area contributed by atoms with Crippen molar-refractivity contribution in [3.8, 4) is 0 Å². The molecule has 0 aromatic carbocycles. The van der Waals surface area contributed by atoms with Gasteiger partial charge in [-0.3, -0.25) is 0 Å². The van der Waals surface area contributed by atoms with Gasteiger partial charge in [0.2, 0.25) is 23.3 Å². The summed E-state index contributed by atoms with van der Waals surface area (Å²) in [5.41, 5.74) is -2.06. The van der Waals surface area contributed by atoms with Crippen LogP contribution in [0.5, 0.6) is 0 Å². The van der Waals surface area contributed by atoms with Crippen LogP contribution in [0.15, 0.2) is 0 Å². The Kier molecular flexibility index (Phi) is 4.82. The predicted octanol–water partition coefficient (Wildman–Crippen LogP) is 3.30. The van der Waals surface area contributed by atoms with Gasteiger partial charge < -0.3 is 9.80 Å². The third kappa shape index (κ3) is 3.12. The van der Waals surface area contributed by atoms with Crippen LogP contribution in [0.25, 0.3) is 0 Å². The van der Waals surface area contributed by atoms with E-state index in [0.717, 1.165) is 9.80 Å². The van der Waals surface area contributed by atoms with Crippen molar-refractivity contribution in [2.75, 3.05) is 29.4 Å². The van der Waals surface area contributed by atoms with Gasteiger partial charge in [-0.05, 0) is 6.92 Å². The number of pyridine rings is 2. The minimum Gasteiger partial charge on any atom is -0.363 e. The Morgan fingerprint density at radius 2 is 1.07 bits per heavy atom. The molecule has 1 unspecified atom stereocenters. The molecule has 0 saturated carbocycles. The van der Waals surface area contributed by atoms with Gasteiger partial charge in [0, 0.05) is 25.7 Å². The van der Waals surface area contributed by atoms with Crippen LogP contribution in [0.4, 0.5) is 46.5 Å². The SMILES string of the molecule is CC1CN(c2c(F)c(F)nc(F)c2F)CCN1c1c(F)c(F)nc(F)c1F.